The first-order chi connectivity index (χ1) is 12.9. The van der Waals surface area contributed by atoms with Crippen LogP contribution in [0.4, 0.5) is 0 Å². The predicted molar refractivity (Wildman–Crippen MR) is 93.6 cm³/mol. The van der Waals surface area contributed by atoms with Crippen molar-refractivity contribution in [3.63, 3.8) is 0 Å². The molecule has 2 amide bonds. The Hall–Kier alpha value is -3.01. The molecule has 1 fully saturated rings. The Morgan fingerprint density at radius 1 is 1.30 bits per heavy atom. The van der Waals surface area contributed by atoms with Gasteiger partial charge in [-0.3, -0.25) is 14.5 Å². The Morgan fingerprint density at radius 3 is 2.63 bits per heavy atom. The second-order valence-electron chi connectivity index (χ2n) is 5.75. The molecule has 3 atom stereocenters. The Morgan fingerprint density at radius 2 is 2.00 bits per heavy atom. The Balaban J connectivity index is 1.68. The van der Waals surface area contributed by atoms with Gasteiger partial charge in [0.2, 0.25) is 0 Å². The monoisotopic (exact) mass is 392 g/mol. The van der Waals surface area contributed by atoms with E-state index in [9.17, 15) is 24.3 Å². The molecule has 2 aliphatic heterocycles. The number of carbonyl (C=O) groups is 4. The average Bonchev–Trinajstić information content (AvgIpc) is 2.69. The van der Waals surface area contributed by atoms with E-state index in [-0.39, 0.29) is 6.61 Å². The molecule has 0 bridgehead atoms. The minimum atomic E-state index is -2.23. The van der Waals surface area contributed by atoms with Gasteiger partial charge in [-0.15, -0.1) is 11.8 Å². The number of carbonyl (C=O) groups excluding carboxylic acids is 3. The van der Waals surface area contributed by atoms with Crippen molar-refractivity contribution in [3.8, 4) is 5.75 Å². The molecular formula is C17H16N2O7S. The lowest BCUT2D eigenvalue weighted by Gasteiger charge is -2.53. The topological polar surface area (TPSA) is 122 Å². The van der Waals surface area contributed by atoms with E-state index in [1.807, 2.05) is 0 Å². The second kappa shape index (κ2) is 7.31. The van der Waals surface area contributed by atoms with Crippen molar-refractivity contribution >= 4 is 35.5 Å². The van der Waals surface area contributed by atoms with Crippen LogP contribution in [-0.4, -0.2) is 64.4 Å². The van der Waals surface area contributed by atoms with Crippen molar-refractivity contribution in [1.29, 1.82) is 0 Å². The Kier molecular flexibility index (Phi) is 5.08. The van der Waals surface area contributed by atoms with Crippen LogP contribution >= 0.6 is 11.8 Å². The summed E-state index contributed by atoms with van der Waals surface area (Å²) in [7, 11) is 1.04. The number of rotatable bonds is 6. The lowest BCUT2D eigenvalue weighted by Crippen LogP contribution is -2.79. The van der Waals surface area contributed by atoms with Gasteiger partial charge in [-0.05, 0) is 23.6 Å². The molecular weight excluding hydrogens is 376 g/mol. The summed E-state index contributed by atoms with van der Waals surface area (Å²) in [5, 5.41) is 12.7. The van der Waals surface area contributed by atoms with Crippen LogP contribution in [0.5, 0.6) is 5.75 Å². The highest BCUT2D eigenvalue weighted by Crippen LogP contribution is 2.42. The number of fused-ring (bicyclic) bond motifs is 1. The Bertz CT molecular complexity index is 813. The molecule has 142 valence electrons. The molecule has 2 N–H and O–H groups in total. The number of nitrogens with one attached hydrogen (secondary N) is 1. The summed E-state index contributed by atoms with van der Waals surface area (Å²) in [6.07, 6.45) is 1.11. The van der Waals surface area contributed by atoms with E-state index in [1.165, 1.54) is 5.41 Å². The number of carboxylic acids is 1. The van der Waals surface area contributed by atoms with E-state index in [0.29, 0.717) is 5.75 Å². The number of hydrogen-bond acceptors (Lipinski definition) is 7. The summed E-state index contributed by atoms with van der Waals surface area (Å²) in [5.41, 5.74) is -2.23. The molecule has 1 saturated heterocycles. The van der Waals surface area contributed by atoms with Gasteiger partial charge in [0.1, 0.15) is 17.2 Å². The molecule has 0 spiro atoms. The minimum Gasteiger partial charge on any atom is -0.484 e. The van der Waals surface area contributed by atoms with Crippen LogP contribution in [0.3, 0.4) is 0 Å². The van der Waals surface area contributed by atoms with Crippen LogP contribution in [0, 0.1) is 0 Å². The van der Waals surface area contributed by atoms with Crippen molar-refractivity contribution in [2.75, 3.05) is 13.7 Å². The molecule has 10 heteroatoms. The van der Waals surface area contributed by atoms with E-state index < -0.39 is 40.7 Å². The molecule has 9 nitrogen and oxygen atoms in total. The average molecular weight is 392 g/mol. The number of benzene rings is 1. The summed E-state index contributed by atoms with van der Waals surface area (Å²) < 4.78 is 9.90. The normalized spacial score (nSPS) is 25.8. The molecule has 2 heterocycles. The lowest BCUT2D eigenvalue weighted by atomic mass is 9.90. The number of β-lactam (4-membered cyclic amide) rings is 1. The fourth-order valence-electron chi connectivity index (χ4n) is 2.87. The van der Waals surface area contributed by atoms with Gasteiger partial charge in [0, 0.05) is 0 Å². The highest BCUT2D eigenvalue weighted by atomic mass is 32.2. The molecule has 27 heavy (non-hydrogen) atoms. The first kappa shape index (κ1) is 18.8. The highest BCUT2D eigenvalue weighted by Gasteiger charge is 2.65. The molecule has 0 aliphatic carbocycles. The molecule has 1 aromatic carbocycles. The summed E-state index contributed by atoms with van der Waals surface area (Å²) in [6.45, 7) is -0.303. The number of nitrogens with zero attached hydrogens (tertiary/aromatic N) is 1. The number of esters is 1. The highest BCUT2D eigenvalue weighted by molar-refractivity contribution is 8.02. The van der Waals surface area contributed by atoms with Crippen molar-refractivity contribution in [3.05, 3.63) is 41.8 Å². The number of methoxy groups -OCH3 is 1. The van der Waals surface area contributed by atoms with Crippen LogP contribution in [0.15, 0.2) is 41.8 Å². The lowest BCUT2D eigenvalue weighted by molar-refractivity contribution is -0.180. The van der Waals surface area contributed by atoms with Crippen LogP contribution in [0.2, 0.25) is 0 Å². The maximum Gasteiger partial charge on any atom is 0.347 e. The van der Waals surface area contributed by atoms with Crippen molar-refractivity contribution in [2.45, 2.75) is 17.0 Å². The molecule has 0 aromatic heterocycles. The second-order valence-corrected chi connectivity index (χ2v) is 6.77. The van der Waals surface area contributed by atoms with E-state index in [4.69, 9.17) is 4.74 Å². The van der Waals surface area contributed by atoms with Gasteiger partial charge < -0.3 is 19.9 Å². The fraction of sp³-hybridized carbons (Fsp3) is 0.294. The number of hydrogen-bond donors (Lipinski definition) is 2. The molecule has 1 aromatic rings. The van der Waals surface area contributed by atoms with Crippen LogP contribution in [0.1, 0.15) is 0 Å². The zero-order valence-electron chi connectivity index (χ0n) is 14.2. The van der Waals surface area contributed by atoms with E-state index in [1.54, 1.807) is 30.3 Å². The largest absolute Gasteiger partial charge is 0.484 e. The molecule has 0 radical (unpaired) electrons. The number of carboxylic acid groups (broad SMARTS) is 1. The van der Waals surface area contributed by atoms with Gasteiger partial charge in [0.15, 0.2) is 6.61 Å². The number of amides is 2. The zero-order chi connectivity index (χ0) is 19.6. The Labute approximate surface area is 158 Å². The summed E-state index contributed by atoms with van der Waals surface area (Å²) >= 11 is 1.13. The first-order valence-electron chi connectivity index (χ1n) is 7.87. The van der Waals surface area contributed by atoms with Crippen LogP contribution < -0.4 is 10.1 Å². The molecule has 1 unspecified atom stereocenters. The third-order valence-electron chi connectivity index (χ3n) is 4.20. The summed E-state index contributed by atoms with van der Waals surface area (Å²) in [6, 6.07) is 7.72. The van der Waals surface area contributed by atoms with Gasteiger partial charge in [0.25, 0.3) is 17.4 Å². The van der Waals surface area contributed by atoms with Gasteiger partial charge >= 0.3 is 11.9 Å². The SMILES string of the molecule is COC(=O)C1(C(=O)O)C=CS[C@@H]2[C@H](NC(=O)COc3ccccc3)C(=O)N21. The van der Waals surface area contributed by atoms with E-state index in [0.717, 1.165) is 29.8 Å². The first-order valence-corrected chi connectivity index (χ1v) is 8.81. The number of thioether (sulfide) groups is 1. The minimum absolute atomic E-state index is 0.303. The predicted octanol–water partition coefficient (Wildman–Crippen LogP) is -0.0246. The van der Waals surface area contributed by atoms with Crippen LogP contribution in [0.25, 0.3) is 0 Å². The smallest absolute Gasteiger partial charge is 0.347 e. The maximum atomic E-state index is 12.5. The third kappa shape index (κ3) is 3.12. The van der Waals surface area contributed by atoms with Gasteiger partial charge in [-0.2, -0.15) is 0 Å². The molecule has 0 saturated carbocycles. The van der Waals surface area contributed by atoms with Gasteiger partial charge in [0.05, 0.1) is 7.11 Å². The fourth-order valence-corrected chi connectivity index (χ4v) is 4.04. The van der Waals surface area contributed by atoms with Crippen molar-refractivity contribution < 1.29 is 33.8 Å². The molecule has 2 aliphatic rings. The summed E-state index contributed by atoms with van der Waals surface area (Å²) in [4.78, 5) is 49.3. The third-order valence-corrected chi connectivity index (χ3v) is 5.26. The van der Waals surface area contributed by atoms with Crippen molar-refractivity contribution in [2.24, 2.45) is 0 Å². The van der Waals surface area contributed by atoms with Gasteiger partial charge in [-0.1, -0.05) is 18.2 Å². The van der Waals surface area contributed by atoms with Gasteiger partial charge in [-0.25, -0.2) is 9.59 Å². The zero-order valence-corrected chi connectivity index (χ0v) is 15.0. The molecule has 3 rings (SSSR count). The summed E-state index contributed by atoms with van der Waals surface area (Å²) in [5.74, 6) is -3.33. The van der Waals surface area contributed by atoms with Crippen LogP contribution in [-0.2, 0) is 23.9 Å². The standard InChI is InChI=1S/C17H16N2O7S/c1-25-16(24)17(15(22)23)7-8-27-14-12(13(21)19(14)17)18-11(20)9-26-10-5-3-2-4-6-10/h2-8,12,14H,9H2,1H3,(H,18,20)(H,22,23)/t12-,14-,17?/m1/s1. The van der Waals surface area contributed by atoms with E-state index in [2.05, 4.69) is 10.1 Å². The quantitative estimate of drug-likeness (QED) is 0.393. The number of aliphatic carboxylic acids is 1. The van der Waals surface area contributed by atoms with Crippen molar-refractivity contribution in [1.82, 2.24) is 10.2 Å². The number of para-hydroxylation sites is 1. The van der Waals surface area contributed by atoms with E-state index >= 15 is 0 Å². The maximum absolute atomic E-state index is 12.5. The number of ether oxygens (including phenoxy) is 2.